The van der Waals surface area contributed by atoms with Crippen LogP contribution in [-0.4, -0.2) is 47.5 Å². The molecule has 1 saturated heterocycles. The monoisotopic (exact) mass is 430 g/mol. The number of hydrogen-bond acceptors (Lipinski definition) is 4. The van der Waals surface area contributed by atoms with Crippen molar-refractivity contribution in [2.24, 2.45) is 0 Å². The molecule has 7 nitrogen and oxygen atoms in total. The molecule has 2 aliphatic rings. The summed E-state index contributed by atoms with van der Waals surface area (Å²) in [6.07, 6.45) is 6.10. The summed E-state index contributed by atoms with van der Waals surface area (Å²) in [5, 5.41) is 7.51. The average molecular weight is 431 g/mol. The van der Waals surface area contributed by atoms with Crippen LogP contribution in [0.25, 0.3) is 0 Å². The van der Waals surface area contributed by atoms with E-state index in [0.717, 1.165) is 44.1 Å². The van der Waals surface area contributed by atoms with Crippen LogP contribution in [0.2, 0.25) is 0 Å². The molecule has 1 aromatic heterocycles. The largest absolute Gasteiger partial charge is 0.349 e. The smallest absolute Gasteiger partial charge is 0.251 e. The summed E-state index contributed by atoms with van der Waals surface area (Å²) in [7, 11) is -3.54. The molecule has 2 aromatic rings. The average Bonchev–Trinajstić information content (AvgIpc) is 3.51. The van der Waals surface area contributed by atoms with E-state index in [1.54, 1.807) is 15.9 Å². The van der Waals surface area contributed by atoms with Crippen LogP contribution in [0.1, 0.15) is 65.8 Å². The molecule has 0 bridgehead atoms. The standard InChI is InChI=1S/C22H30N4O3S/c1-16-21(30(28,29)25-13-5-3-4-6-14-25)17(2)26(24-16)15-18-7-9-19(10-8-18)22(27)23-20-11-12-20/h7-10,20H,3-6,11-15H2,1-2H3,(H,23,27). The van der Waals surface area contributed by atoms with Gasteiger partial charge >= 0.3 is 0 Å². The van der Waals surface area contributed by atoms with Gasteiger partial charge < -0.3 is 5.32 Å². The number of amides is 1. The van der Waals surface area contributed by atoms with Crippen molar-refractivity contribution in [1.29, 1.82) is 0 Å². The molecule has 0 atom stereocenters. The van der Waals surface area contributed by atoms with Gasteiger partial charge in [0, 0.05) is 24.7 Å². The van der Waals surface area contributed by atoms with Crippen molar-refractivity contribution in [3.63, 3.8) is 0 Å². The van der Waals surface area contributed by atoms with Crippen LogP contribution < -0.4 is 5.32 Å². The SMILES string of the molecule is Cc1nn(Cc2ccc(C(=O)NC3CC3)cc2)c(C)c1S(=O)(=O)N1CCCCCC1. The van der Waals surface area contributed by atoms with Crippen LogP contribution >= 0.6 is 0 Å². The lowest BCUT2D eigenvalue weighted by molar-refractivity contribution is 0.0951. The van der Waals surface area contributed by atoms with Crippen LogP contribution in [0.3, 0.4) is 0 Å². The van der Waals surface area contributed by atoms with Gasteiger partial charge in [0.25, 0.3) is 5.91 Å². The second kappa shape index (κ2) is 8.51. The van der Waals surface area contributed by atoms with E-state index in [-0.39, 0.29) is 5.91 Å². The number of sulfonamides is 1. The maximum atomic E-state index is 13.3. The third kappa shape index (κ3) is 4.44. The summed E-state index contributed by atoms with van der Waals surface area (Å²) in [5.41, 5.74) is 2.82. The molecule has 1 amide bonds. The van der Waals surface area contributed by atoms with Crippen molar-refractivity contribution in [1.82, 2.24) is 19.4 Å². The predicted molar refractivity (Wildman–Crippen MR) is 115 cm³/mol. The van der Waals surface area contributed by atoms with Gasteiger partial charge in [-0.25, -0.2) is 8.42 Å². The van der Waals surface area contributed by atoms with Crippen molar-refractivity contribution in [2.45, 2.75) is 69.9 Å². The first kappa shape index (κ1) is 21.1. The van der Waals surface area contributed by atoms with E-state index < -0.39 is 10.0 Å². The molecule has 0 unspecified atom stereocenters. The number of hydrogen-bond donors (Lipinski definition) is 1. The number of carbonyl (C=O) groups excluding carboxylic acids is 1. The second-order valence-corrected chi connectivity index (χ2v) is 10.3. The second-order valence-electron chi connectivity index (χ2n) is 8.42. The van der Waals surface area contributed by atoms with Gasteiger partial charge in [-0.15, -0.1) is 0 Å². The molecule has 162 valence electrons. The van der Waals surface area contributed by atoms with Crippen molar-refractivity contribution in [3.8, 4) is 0 Å². The fraction of sp³-hybridized carbons (Fsp3) is 0.545. The normalized spacial score (nSPS) is 18.2. The Morgan fingerprint density at radius 2 is 1.70 bits per heavy atom. The summed E-state index contributed by atoms with van der Waals surface area (Å²) >= 11 is 0. The van der Waals surface area contributed by atoms with E-state index in [1.807, 2.05) is 31.2 Å². The Morgan fingerprint density at radius 1 is 1.07 bits per heavy atom. The first-order chi connectivity index (χ1) is 14.4. The molecule has 1 saturated carbocycles. The number of nitrogens with one attached hydrogen (secondary N) is 1. The third-order valence-electron chi connectivity index (χ3n) is 5.94. The third-order valence-corrected chi connectivity index (χ3v) is 8.09. The molecule has 1 aliphatic carbocycles. The summed E-state index contributed by atoms with van der Waals surface area (Å²) < 4.78 is 29.9. The summed E-state index contributed by atoms with van der Waals surface area (Å²) in [5.74, 6) is -0.0407. The van der Waals surface area contributed by atoms with Gasteiger partial charge in [0.2, 0.25) is 10.0 Å². The van der Waals surface area contributed by atoms with Crippen molar-refractivity contribution < 1.29 is 13.2 Å². The lowest BCUT2D eigenvalue weighted by atomic mass is 10.1. The van der Waals surface area contributed by atoms with Gasteiger partial charge in [0.05, 0.1) is 17.9 Å². The number of aromatic nitrogens is 2. The van der Waals surface area contributed by atoms with Crippen LogP contribution in [0.4, 0.5) is 0 Å². The zero-order valence-electron chi connectivity index (χ0n) is 17.7. The number of benzene rings is 1. The Labute approximate surface area is 178 Å². The molecule has 30 heavy (non-hydrogen) atoms. The molecule has 8 heteroatoms. The van der Waals surface area contributed by atoms with E-state index in [1.165, 1.54) is 0 Å². The van der Waals surface area contributed by atoms with Gasteiger partial charge in [0.15, 0.2) is 0 Å². The fourth-order valence-corrected chi connectivity index (χ4v) is 5.94. The number of carbonyl (C=O) groups is 1. The minimum Gasteiger partial charge on any atom is -0.349 e. The van der Waals surface area contributed by atoms with Crippen LogP contribution in [0, 0.1) is 13.8 Å². The molecule has 0 spiro atoms. The van der Waals surface area contributed by atoms with E-state index in [9.17, 15) is 13.2 Å². The zero-order valence-corrected chi connectivity index (χ0v) is 18.5. The summed E-state index contributed by atoms with van der Waals surface area (Å²) in [4.78, 5) is 12.5. The Morgan fingerprint density at radius 3 is 2.30 bits per heavy atom. The highest BCUT2D eigenvalue weighted by Crippen LogP contribution is 2.26. The van der Waals surface area contributed by atoms with Crippen LogP contribution in [0.15, 0.2) is 29.2 Å². The topological polar surface area (TPSA) is 84.3 Å². The van der Waals surface area contributed by atoms with E-state index >= 15 is 0 Å². The summed E-state index contributed by atoms with van der Waals surface area (Å²) in [6, 6.07) is 7.76. The lowest BCUT2D eigenvalue weighted by Gasteiger charge is -2.20. The van der Waals surface area contributed by atoms with E-state index in [4.69, 9.17) is 0 Å². The highest BCUT2D eigenvalue weighted by molar-refractivity contribution is 7.89. The molecule has 1 N–H and O–H groups in total. The molecule has 0 radical (unpaired) electrons. The number of nitrogens with zero attached hydrogens (tertiary/aromatic N) is 3. The van der Waals surface area contributed by atoms with Gasteiger partial charge in [-0.05, 0) is 57.2 Å². The first-order valence-electron chi connectivity index (χ1n) is 10.8. The summed E-state index contributed by atoms with van der Waals surface area (Å²) in [6.45, 7) is 5.21. The number of aryl methyl sites for hydroxylation is 1. The molecular weight excluding hydrogens is 400 g/mol. The molecule has 4 rings (SSSR count). The minimum atomic E-state index is -3.54. The van der Waals surface area contributed by atoms with Gasteiger partial charge in [-0.1, -0.05) is 25.0 Å². The quantitative estimate of drug-likeness (QED) is 0.764. The van der Waals surface area contributed by atoms with Crippen molar-refractivity contribution in [3.05, 3.63) is 46.8 Å². The molecule has 2 heterocycles. The fourth-order valence-electron chi connectivity index (χ4n) is 4.05. The van der Waals surface area contributed by atoms with Crippen molar-refractivity contribution in [2.75, 3.05) is 13.1 Å². The van der Waals surface area contributed by atoms with Gasteiger partial charge in [0.1, 0.15) is 4.90 Å². The van der Waals surface area contributed by atoms with Crippen LogP contribution in [-0.2, 0) is 16.6 Å². The van der Waals surface area contributed by atoms with Gasteiger partial charge in [-0.3, -0.25) is 9.48 Å². The molecule has 1 aromatic carbocycles. The minimum absolute atomic E-state index is 0.0407. The Kier molecular flexibility index (Phi) is 5.97. The van der Waals surface area contributed by atoms with Crippen LogP contribution in [0.5, 0.6) is 0 Å². The number of rotatable bonds is 6. The van der Waals surface area contributed by atoms with Crippen molar-refractivity contribution >= 4 is 15.9 Å². The lowest BCUT2D eigenvalue weighted by Crippen LogP contribution is -2.32. The highest BCUT2D eigenvalue weighted by atomic mass is 32.2. The predicted octanol–water partition coefficient (Wildman–Crippen LogP) is 3.01. The Balaban J connectivity index is 1.52. The van der Waals surface area contributed by atoms with E-state index in [2.05, 4.69) is 10.4 Å². The molecule has 1 aliphatic heterocycles. The maximum absolute atomic E-state index is 13.3. The van der Waals surface area contributed by atoms with E-state index in [0.29, 0.717) is 47.5 Å². The first-order valence-corrected chi connectivity index (χ1v) is 12.2. The Bertz CT molecular complexity index is 1020. The Hall–Kier alpha value is -2.19. The molecule has 2 fully saturated rings. The maximum Gasteiger partial charge on any atom is 0.251 e. The zero-order chi connectivity index (χ0) is 21.3. The van der Waals surface area contributed by atoms with Gasteiger partial charge in [-0.2, -0.15) is 9.40 Å². The molecular formula is C22H30N4O3S. The highest BCUT2D eigenvalue weighted by Gasteiger charge is 2.31.